The zero-order valence-corrected chi connectivity index (χ0v) is 10.4. The molecule has 1 amide bonds. The zero-order chi connectivity index (χ0) is 12.6. The molecule has 5 nitrogen and oxygen atoms in total. The fourth-order valence-electron chi connectivity index (χ4n) is 2.90. The van der Waals surface area contributed by atoms with Gasteiger partial charge in [-0.25, -0.2) is 0 Å². The van der Waals surface area contributed by atoms with E-state index in [1.165, 1.54) is 0 Å². The number of hydrogen-bond acceptors (Lipinski definition) is 3. The number of amides is 1. The van der Waals surface area contributed by atoms with E-state index in [1.54, 1.807) is 4.90 Å². The maximum atomic E-state index is 12.4. The highest BCUT2D eigenvalue weighted by molar-refractivity contribution is 5.84. The van der Waals surface area contributed by atoms with E-state index in [0.717, 1.165) is 13.0 Å². The predicted octanol–water partition coefficient (Wildman–Crippen LogP) is 0.308. The minimum Gasteiger partial charge on any atom is -0.481 e. The van der Waals surface area contributed by atoms with Gasteiger partial charge in [0, 0.05) is 19.1 Å². The van der Waals surface area contributed by atoms with Gasteiger partial charge >= 0.3 is 5.97 Å². The normalized spacial score (nSPS) is 37.4. The highest BCUT2D eigenvalue weighted by Gasteiger charge is 2.45. The number of likely N-dealkylation sites (tertiary alicyclic amines) is 1. The van der Waals surface area contributed by atoms with E-state index >= 15 is 0 Å². The molecule has 0 aromatic rings. The molecule has 0 aromatic carbocycles. The van der Waals surface area contributed by atoms with Gasteiger partial charge in [-0.2, -0.15) is 0 Å². The Hall–Kier alpha value is -1.10. The molecule has 0 aromatic heterocycles. The Balaban J connectivity index is 2.09. The van der Waals surface area contributed by atoms with Crippen LogP contribution in [0.3, 0.4) is 0 Å². The second-order valence-corrected chi connectivity index (χ2v) is 5.46. The van der Waals surface area contributed by atoms with Crippen molar-refractivity contribution in [3.05, 3.63) is 0 Å². The second kappa shape index (κ2) is 4.29. The minimum atomic E-state index is -0.789. The van der Waals surface area contributed by atoms with Crippen LogP contribution in [-0.4, -0.2) is 47.6 Å². The van der Waals surface area contributed by atoms with Crippen molar-refractivity contribution >= 4 is 11.9 Å². The van der Waals surface area contributed by atoms with Crippen LogP contribution in [0.25, 0.3) is 0 Å². The molecule has 3 unspecified atom stereocenters. The maximum absolute atomic E-state index is 12.4. The van der Waals surface area contributed by atoms with Crippen LogP contribution in [0.15, 0.2) is 0 Å². The van der Waals surface area contributed by atoms with Gasteiger partial charge in [0.2, 0.25) is 5.91 Å². The Morgan fingerprint density at radius 3 is 2.65 bits per heavy atom. The van der Waals surface area contributed by atoms with Crippen LogP contribution >= 0.6 is 0 Å². The average molecular weight is 240 g/mol. The number of carbonyl (C=O) groups excluding carboxylic acids is 1. The van der Waals surface area contributed by atoms with Crippen molar-refractivity contribution in [2.75, 3.05) is 19.6 Å². The molecular weight excluding hydrogens is 220 g/mol. The number of rotatable bonds is 2. The second-order valence-electron chi connectivity index (χ2n) is 5.46. The quantitative estimate of drug-likeness (QED) is 0.728. The monoisotopic (exact) mass is 240 g/mol. The molecule has 2 fully saturated rings. The summed E-state index contributed by atoms with van der Waals surface area (Å²) < 4.78 is 0. The molecule has 3 atom stereocenters. The maximum Gasteiger partial charge on any atom is 0.308 e. The van der Waals surface area contributed by atoms with E-state index in [9.17, 15) is 9.59 Å². The third-order valence-corrected chi connectivity index (χ3v) is 4.22. The van der Waals surface area contributed by atoms with Gasteiger partial charge in [-0.05, 0) is 33.2 Å². The summed E-state index contributed by atoms with van der Waals surface area (Å²) >= 11 is 0. The zero-order valence-electron chi connectivity index (χ0n) is 10.4. The summed E-state index contributed by atoms with van der Waals surface area (Å²) in [6, 6.07) is -0.183. The molecule has 0 spiro atoms. The summed E-state index contributed by atoms with van der Waals surface area (Å²) in [5.41, 5.74) is -0.346. The van der Waals surface area contributed by atoms with Crippen LogP contribution in [0.4, 0.5) is 0 Å². The van der Waals surface area contributed by atoms with Gasteiger partial charge in [-0.1, -0.05) is 0 Å². The van der Waals surface area contributed by atoms with Crippen molar-refractivity contribution in [1.82, 2.24) is 10.2 Å². The SMILES string of the molecule is CC1C(C(=O)O)CCN1C(=O)C1(C)CCNC1. The number of carboxylic acids is 1. The summed E-state index contributed by atoms with van der Waals surface area (Å²) in [4.78, 5) is 25.2. The summed E-state index contributed by atoms with van der Waals surface area (Å²) in [5, 5.41) is 12.3. The lowest BCUT2D eigenvalue weighted by Crippen LogP contribution is -2.46. The number of nitrogens with zero attached hydrogens (tertiary/aromatic N) is 1. The fraction of sp³-hybridized carbons (Fsp3) is 0.833. The van der Waals surface area contributed by atoms with Crippen LogP contribution in [-0.2, 0) is 9.59 Å². The standard InChI is InChI=1S/C12H20N2O3/c1-8-9(10(15)16)3-6-14(8)11(17)12(2)4-5-13-7-12/h8-9,13H,3-7H2,1-2H3,(H,15,16). The van der Waals surface area contributed by atoms with Gasteiger partial charge in [0.15, 0.2) is 0 Å². The number of carbonyl (C=O) groups is 2. The molecule has 2 saturated heterocycles. The molecule has 0 saturated carbocycles. The van der Waals surface area contributed by atoms with Crippen molar-refractivity contribution in [1.29, 1.82) is 0 Å². The smallest absolute Gasteiger partial charge is 0.308 e. The lowest BCUT2D eigenvalue weighted by molar-refractivity contribution is -0.145. The Morgan fingerprint density at radius 1 is 1.47 bits per heavy atom. The third kappa shape index (κ3) is 2.04. The Kier molecular flexibility index (Phi) is 3.12. The summed E-state index contributed by atoms with van der Waals surface area (Å²) in [7, 11) is 0. The molecule has 2 aliphatic heterocycles. The first-order chi connectivity index (χ1) is 7.96. The molecule has 2 heterocycles. The molecule has 0 bridgehead atoms. The van der Waals surface area contributed by atoms with E-state index in [0.29, 0.717) is 19.5 Å². The van der Waals surface area contributed by atoms with Gasteiger partial charge < -0.3 is 15.3 Å². The van der Waals surface area contributed by atoms with Crippen LogP contribution in [0, 0.1) is 11.3 Å². The molecule has 2 rings (SSSR count). The van der Waals surface area contributed by atoms with E-state index in [1.807, 2.05) is 13.8 Å². The first kappa shape index (κ1) is 12.4. The van der Waals surface area contributed by atoms with Gasteiger partial charge in [0.25, 0.3) is 0 Å². The van der Waals surface area contributed by atoms with Gasteiger partial charge in [0.1, 0.15) is 0 Å². The van der Waals surface area contributed by atoms with Crippen LogP contribution in [0.5, 0.6) is 0 Å². The van der Waals surface area contributed by atoms with E-state index in [-0.39, 0.29) is 17.4 Å². The number of aliphatic carboxylic acids is 1. The number of hydrogen-bond donors (Lipinski definition) is 2. The highest BCUT2D eigenvalue weighted by Crippen LogP contribution is 2.33. The number of nitrogens with one attached hydrogen (secondary N) is 1. The first-order valence-corrected chi connectivity index (χ1v) is 6.20. The Bertz CT molecular complexity index is 337. The van der Waals surface area contributed by atoms with Crippen molar-refractivity contribution in [3.63, 3.8) is 0 Å². The lowest BCUT2D eigenvalue weighted by atomic mass is 9.87. The van der Waals surface area contributed by atoms with Crippen molar-refractivity contribution in [2.45, 2.75) is 32.7 Å². The fourth-order valence-corrected chi connectivity index (χ4v) is 2.90. The van der Waals surface area contributed by atoms with E-state index in [2.05, 4.69) is 5.32 Å². The summed E-state index contributed by atoms with van der Waals surface area (Å²) in [5.74, 6) is -1.09. The molecular formula is C12H20N2O3. The summed E-state index contributed by atoms with van der Waals surface area (Å²) in [6.07, 6.45) is 1.42. The molecule has 5 heteroatoms. The van der Waals surface area contributed by atoms with Gasteiger partial charge in [-0.3, -0.25) is 9.59 Å². The molecule has 0 radical (unpaired) electrons. The van der Waals surface area contributed by atoms with Gasteiger partial charge in [-0.15, -0.1) is 0 Å². The molecule has 17 heavy (non-hydrogen) atoms. The van der Waals surface area contributed by atoms with E-state index < -0.39 is 11.9 Å². The van der Waals surface area contributed by atoms with Crippen molar-refractivity contribution in [2.24, 2.45) is 11.3 Å². The molecule has 96 valence electrons. The van der Waals surface area contributed by atoms with E-state index in [4.69, 9.17) is 5.11 Å². The minimum absolute atomic E-state index is 0.110. The predicted molar refractivity (Wildman–Crippen MR) is 62.5 cm³/mol. The van der Waals surface area contributed by atoms with Crippen LogP contribution in [0.1, 0.15) is 26.7 Å². The lowest BCUT2D eigenvalue weighted by Gasteiger charge is -2.31. The van der Waals surface area contributed by atoms with Crippen LogP contribution in [0.2, 0.25) is 0 Å². The summed E-state index contributed by atoms with van der Waals surface area (Å²) in [6.45, 7) is 5.96. The van der Waals surface area contributed by atoms with Crippen molar-refractivity contribution in [3.8, 4) is 0 Å². The Morgan fingerprint density at radius 2 is 2.18 bits per heavy atom. The number of carboxylic acid groups (broad SMARTS) is 1. The molecule has 2 N–H and O–H groups in total. The molecule has 0 aliphatic carbocycles. The third-order valence-electron chi connectivity index (χ3n) is 4.22. The largest absolute Gasteiger partial charge is 0.481 e. The topological polar surface area (TPSA) is 69.6 Å². The Labute approximate surface area is 101 Å². The van der Waals surface area contributed by atoms with Crippen LogP contribution < -0.4 is 5.32 Å². The van der Waals surface area contributed by atoms with Gasteiger partial charge in [0.05, 0.1) is 11.3 Å². The average Bonchev–Trinajstić information content (AvgIpc) is 2.85. The molecule has 2 aliphatic rings. The highest BCUT2D eigenvalue weighted by atomic mass is 16.4. The van der Waals surface area contributed by atoms with Crippen molar-refractivity contribution < 1.29 is 14.7 Å². The first-order valence-electron chi connectivity index (χ1n) is 6.20.